The van der Waals surface area contributed by atoms with Gasteiger partial charge in [0.05, 0.1) is 25.9 Å². The summed E-state index contributed by atoms with van der Waals surface area (Å²) in [5.41, 5.74) is 0. The van der Waals surface area contributed by atoms with E-state index in [1.54, 1.807) is 14.2 Å². The van der Waals surface area contributed by atoms with E-state index in [9.17, 15) is 0 Å². The molecule has 1 atom stereocenters. The van der Waals surface area contributed by atoms with Gasteiger partial charge in [-0.3, -0.25) is 0 Å². The van der Waals surface area contributed by atoms with Crippen molar-refractivity contribution in [1.29, 1.82) is 0 Å². The fraction of sp³-hybridized carbons (Fsp3) is 1.00. The van der Waals surface area contributed by atoms with Crippen LogP contribution in [0.1, 0.15) is 26.2 Å². The molecule has 0 aromatic rings. The van der Waals surface area contributed by atoms with E-state index < -0.39 is 0 Å². The summed E-state index contributed by atoms with van der Waals surface area (Å²) in [6.45, 7) is 2.65. The number of unbranched alkanes of at least 4 members (excludes halogenated alkanes) is 1. The first-order valence-corrected chi connectivity index (χ1v) is 5.00. The van der Waals surface area contributed by atoms with E-state index in [1.807, 2.05) is 0 Å². The molecule has 0 radical (unpaired) electrons. The molecule has 0 saturated carbocycles. The Balaban J connectivity index is 0. The van der Waals surface area contributed by atoms with Crippen LogP contribution in [-0.2, 0) is 9.47 Å². The summed E-state index contributed by atoms with van der Waals surface area (Å²) in [7, 11) is 3.44. The molecule has 2 N–H and O–H groups in total. The maximum absolute atomic E-state index is 7.62. The molecule has 1 unspecified atom stereocenters. The van der Waals surface area contributed by atoms with Crippen molar-refractivity contribution >= 4 is 0 Å². The zero-order chi connectivity index (χ0) is 11.2. The second-order valence-electron chi connectivity index (χ2n) is 2.90. The van der Waals surface area contributed by atoms with Crippen LogP contribution in [0.3, 0.4) is 0 Å². The van der Waals surface area contributed by atoms with Crippen LogP contribution in [0, 0.1) is 0 Å². The summed E-state index contributed by atoms with van der Waals surface area (Å²) in [5, 5.41) is 15.2. The molecule has 0 aromatic carbocycles. The van der Waals surface area contributed by atoms with Crippen LogP contribution in [-0.4, -0.2) is 50.4 Å². The summed E-state index contributed by atoms with van der Waals surface area (Å²) < 4.78 is 10.1. The van der Waals surface area contributed by atoms with Crippen molar-refractivity contribution in [2.24, 2.45) is 0 Å². The van der Waals surface area contributed by atoms with Crippen LogP contribution >= 0.6 is 0 Å². The molecular formula is C10H24O4. The normalized spacial score (nSPS) is 11.8. The third-order valence-electron chi connectivity index (χ3n) is 1.67. The molecule has 0 aliphatic heterocycles. The SMILES string of the molecule is CCCCC(COC)OC.OCCO. The quantitative estimate of drug-likeness (QED) is 0.650. The lowest BCUT2D eigenvalue weighted by Gasteiger charge is -2.12. The van der Waals surface area contributed by atoms with Gasteiger partial charge < -0.3 is 19.7 Å². The van der Waals surface area contributed by atoms with Gasteiger partial charge in [-0.2, -0.15) is 0 Å². The Morgan fingerprint density at radius 3 is 2.00 bits per heavy atom. The van der Waals surface area contributed by atoms with E-state index in [-0.39, 0.29) is 13.2 Å². The van der Waals surface area contributed by atoms with Gasteiger partial charge >= 0.3 is 0 Å². The molecule has 14 heavy (non-hydrogen) atoms. The van der Waals surface area contributed by atoms with Gasteiger partial charge in [0.2, 0.25) is 0 Å². The van der Waals surface area contributed by atoms with Crippen molar-refractivity contribution in [3.8, 4) is 0 Å². The number of hydrogen-bond acceptors (Lipinski definition) is 4. The number of methoxy groups -OCH3 is 2. The van der Waals surface area contributed by atoms with Crippen molar-refractivity contribution in [1.82, 2.24) is 0 Å². The lowest BCUT2D eigenvalue weighted by molar-refractivity contribution is 0.0223. The molecule has 0 amide bonds. The highest BCUT2D eigenvalue weighted by Crippen LogP contribution is 2.03. The maximum Gasteiger partial charge on any atom is 0.0804 e. The van der Waals surface area contributed by atoms with Crippen LogP contribution in [0.2, 0.25) is 0 Å². The number of aliphatic hydroxyl groups excluding tert-OH is 2. The topological polar surface area (TPSA) is 58.9 Å². The monoisotopic (exact) mass is 208 g/mol. The molecule has 0 heterocycles. The summed E-state index contributed by atoms with van der Waals surface area (Å²) >= 11 is 0. The lowest BCUT2D eigenvalue weighted by Crippen LogP contribution is -2.16. The minimum absolute atomic E-state index is 0.125. The van der Waals surface area contributed by atoms with E-state index in [2.05, 4.69) is 6.92 Å². The van der Waals surface area contributed by atoms with Crippen LogP contribution < -0.4 is 0 Å². The van der Waals surface area contributed by atoms with Gasteiger partial charge in [-0.1, -0.05) is 19.8 Å². The zero-order valence-electron chi connectivity index (χ0n) is 9.53. The second-order valence-corrected chi connectivity index (χ2v) is 2.90. The van der Waals surface area contributed by atoms with Crippen LogP contribution in [0.15, 0.2) is 0 Å². The smallest absolute Gasteiger partial charge is 0.0804 e. The second kappa shape index (κ2) is 15.3. The van der Waals surface area contributed by atoms with Gasteiger partial charge in [-0.05, 0) is 6.42 Å². The van der Waals surface area contributed by atoms with Gasteiger partial charge in [0, 0.05) is 14.2 Å². The third kappa shape index (κ3) is 14.4. The Kier molecular flexibility index (Phi) is 17.8. The Morgan fingerprint density at radius 1 is 1.14 bits per heavy atom. The molecule has 0 aliphatic carbocycles. The summed E-state index contributed by atoms with van der Waals surface area (Å²) in [5.74, 6) is 0. The minimum atomic E-state index is -0.125. The van der Waals surface area contributed by atoms with Crippen LogP contribution in [0.5, 0.6) is 0 Å². The highest BCUT2D eigenvalue weighted by molar-refractivity contribution is 4.54. The first-order chi connectivity index (χ1) is 6.76. The Hall–Kier alpha value is -0.160. The first kappa shape index (κ1) is 16.3. The average molecular weight is 208 g/mol. The van der Waals surface area contributed by atoms with E-state index in [4.69, 9.17) is 19.7 Å². The van der Waals surface area contributed by atoms with Crippen molar-refractivity contribution in [3.05, 3.63) is 0 Å². The summed E-state index contributed by atoms with van der Waals surface area (Å²) in [6.07, 6.45) is 3.86. The maximum atomic E-state index is 7.62. The van der Waals surface area contributed by atoms with Crippen LogP contribution in [0.25, 0.3) is 0 Å². The fourth-order valence-corrected chi connectivity index (χ4v) is 0.887. The molecule has 88 valence electrons. The van der Waals surface area contributed by atoms with E-state index >= 15 is 0 Å². The molecule has 4 nitrogen and oxygen atoms in total. The number of ether oxygens (including phenoxy) is 2. The van der Waals surface area contributed by atoms with Crippen molar-refractivity contribution in [2.75, 3.05) is 34.0 Å². The Bertz CT molecular complexity index is 86.2. The molecule has 0 spiro atoms. The van der Waals surface area contributed by atoms with Crippen molar-refractivity contribution in [2.45, 2.75) is 32.3 Å². The number of aliphatic hydroxyl groups is 2. The molecule has 0 bridgehead atoms. The summed E-state index contributed by atoms with van der Waals surface area (Å²) in [4.78, 5) is 0. The average Bonchev–Trinajstić information content (AvgIpc) is 2.24. The van der Waals surface area contributed by atoms with Gasteiger partial charge in [-0.25, -0.2) is 0 Å². The minimum Gasteiger partial charge on any atom is -0.394 e. The van der Waals surface area contributed by atoms with E-state index in [1.165, 1.54) is 12.8 Å². The molecule has 4 heteroatoms. The standard InChI is InChI=1S/C8H18O2.C2H6O2/c1-4-5-6-8(10-3)7-9-2;3-1-2-4/h8H,4-7H2,1-3H3;3-4H,1-2H2. The van der Waals surface area contributed by atoms with Gasteiger partial charge in [-0.15, -0.1) is 0 Å². The van der Waals surface area contributed by atoms with E-state index in [0.717, 1.165) is 13.0 Å². The predicted molar refractivity (Wildman–Crippen MR) is 56.4 cm³/mol. The van der Waals surface area contributed by atoms with Gasteiger partial charge in [0.15, 0.2) is 0 Å². The zero-order valence-corrected chi connectivity index (χ0v) is 9.53. The predicted octanol–water partition coefficient (Wildman–Crippen LogP) is 0.809. The third-order valence-corrected chi connectivity index (χ3v) is 1.67. The molecule has 0 rings (SSSR count). The molecule has 0 aromatic heterocycles. The number of hydrogen-bond donors (Lipinski definition) is 2. The van der Waals surface area contributed by atoms with Crippen LogP contribution in [0.4, 0.5) is 0 Å². The lowest BCUT2D eigenvalue weighted by atomic mass is 10.2. The number of rotatable bonds is 7. The van der Waals surface area contributed by atoms with Crippen molar-refractivity contribution in [3.63, 3.8) is 0 Å². The summed E-state index contributed by atoms with van der Waals surface area (Å²) in [6, 6.07) is 0. The largest absolute Gasteiger partial charge is 0.394 e. The first-order valence-electron chi connectivity index (χ1n) is 5.00. The Labute approximate surface area is 86.8 Å². The van der Waals surface area contributed by atoms with Gasteiger partial charge in [0.1, 0.15) is 0 Å². The molecular weight excluding hydrogens is 184 g/mol. The molecule has 0 aliphatic rings. The fourth-order valence-electron chi connectivity index (χ4n) is 0.887. The van der Waals surface area contributed by atoms with E-state index in [0.29, 0.717) is 6.10 Å². The van der Waals surface area contributed by atoms with Gasteiger partial charge in [0.25, 0.3) is 0 Å². The van der Waals surface area contributed by atoms with Crippen molar-refractivity contribution < 1.29 is 19.7 Å². The Morgan fingerprint density at radius 2 is 1.71 bits per heavy atom. The molecule has 0 saturated heterocycles. The molecule has 0 fully saturated rings. The highest BCUT2D eigenvalue weighted by atomic mass is 16.5. The highest BCUT2D eigenvalue weighted by Gasteiger charge is 2.04.